The van der Waals surface area contributed by atoms with Gasteiger partial charge in [-0.05, 0) is 32.4 Å². The molecule has 0 heterocycles. The third-order valence-electron chi connectivity index (χ3n) is 4.20. The summed E-state index contributed by atoms with van der Waals surface area (Å²) in [4.78, 5) is 12.9. The summed E-state index contributed by atoms with van der Waals surface area (Å²) in [5.41, 5.74) is -0.840. The van der Waals surface area contributed by atoms with Gasteiger partial charge in [0.25, 0.3) is 0 Å². The Hall–Kier alpha value is -0.780. The van der Waals surface area contributed by atoms with Crippen molar-refractivity contribution >= 4 is 5.97 Å². The first-order valence-corrected chi connectivity index (χ1v) is 6.78. The smallest absolute Gasteiger partial charge is 0.391 e. The van der Waals surface area contributed by atoms with Crippen molar-refractivity contribution in [2.45, 2.75) is 57.7 Å². The van der Waals surface area contributed by atoms with Crippen LogP contribution in [0.2, 0.25) is 0 Å². The lowest BCUT2D eigenvalue weighted by molar-refractivity contribution is -0.196. The Morgan fingerprint density at radius 1 is 1.37 bits per heavy atom. The third kappa shape index (κ3) is 3.84. The highest BCUT2D eigenvalue weighted by atomic mass is 19.4. The molecule has 3 nitrogen and oxygen atoms in total. The molecule has 19 heavy (non-hydrogen) atoms. The maximum absolute atomic E-state index is 12.9. The summed E-state index contributed by atoms with van der Waals surface area (Å²) in [6, 6.07) is 0. The number of halogens is 3. The first-order chi connectivity index (χ1) is 8.75. The Kier molecular flexibility index (Phi) is 5.24. The molecule has 0 spiro atoms. The van der Waals surface area contributed by atoms with Crippen LogP contribution >= 0.6 is 0 Å². The second-order valence-electron chi connectivity index (χ2n) is 5.30. The zero-order valence-electron chi connectivity index (χ0n) is 11.5. The maximum atomic E-state index is 12.9. The number of rotatable bonds is 5. The molecule has 112 valence electrons. The van der Waals surface area contributed by atoms with Crippen molar-refractivity contribution < 1.29 is 23.1 Å². The summed E-state index contributed by atoms with van der Waals surface area (Å²) in [6.07, 6.45) is -3.43. The largest absolute Gasteiger partial charge is 0.481 e. The molecule has 0 aromatic heterocycles. The zero-order chi connectivity index (χ0) is 14.7. The van der Waals surface area contributed by atoms with Gasteiger partial charge in [-0.15, -0.1) is 0 Å². The van der Waals surface area contributed by atoms with Crippen LogP contribution in [-0.2, 0) is 4.79 Å². The Morgan fingerprint density at radius 2 is 1.95 bits per heavy atom. The SMILES string of the molecule is CCN(CC)C1(CC(=O)O)CCCC(C(F)(F)F)C1. The summed E-state index contributed by atoms with van der Waals surface area (Å²) < 4.78 is 38.8. The van der Waals surface area contributed by atoms with Crippen LogP contribution in [0, 0.1) is 5.92 Å². The van der Waals surface area contributed by atoms with Crippen LogP contribution in [0.3, 0.4) is 0 Å². The molecule has 1 aliphatic carbocycles. The van der Waals surface area contributed by atoms with Crippen molar-refractivity contribution in [3.05, 3.63) is 0 Å². The number of carbonyl (C=O) groups is 1. The van der Waals surface area contributed by atoms with E-state index in [1.807, 2.05) is 18.7 Å². The van der Waals surface area contributed by atoms with Gasteiger partial charge in [0, 0.05) is 5.54 Å². The lowest BCUT2D eigenvalue weighted by Gasteiger charge is -2.47. The van der Waals surface area contributed by atoms with Crippen molar-refractivity contribution in [2.24, 2.45) is 5.92 Å². The van der Waals surface area contributed by atoms with Crippen molar-refractivity contribution in [3.8, 4) is 0 Å². The molecule has 0 bridgehead atoms. The average molecular weight is 281 g/mol. The van der Waals surface area contributed by atoms with Gasteiger partial charge in [0.05, 0.1) is 12.3 Å². The Balaban J connectivity index is 2.99. The number of carboxylic acids is 1. The molecule has 2 unspecified atom stereocenters. The van der Waals surface area contributed by atoms with Gasteiger partial charge in [0.1, 0.15) is 0 Å². The molecule has 6 heteroatoms. The van der Waals surface area contributed by atoms with Gasteiger partial charge in [-0.3, -0.25) is 9.69 Å². The van der Waals surface area contributed by atoms with E-state index >= 15 is 0 Å². The highest BCUT2D eigenvalue weighted by Crippen LogP contribution is 2.45. The van der Waals surface area contributed by atoms with E-state index < -0.39 is 23.6 Å². The predicted octanol–water partition coefficient (Wildman–Crippen LogP) is 3.29. The van der Waals surface area contributed by atoms with Crippen LogP contribution in [0.25, 0.3) is 0 Å². The molecule has 0 aromatic rings. The number of hydrogen-bond donors (Lipinski definition) is 1. The number of hydrogen-bond acceptors (Lipinski definition) is 2. The zero-order valence-corrected chi connectivity index (χ0v) is 11.5. The number of nitrogens with zero attached hydrogens (tertiary/aromatic N) is 1. The van der Waals surface area contributed by atoms with Gasteiger partial charge in [-0.2, -0.15) is 13.2 Å². The Morgan fingerprint density at radius 3 is 2.37 bits per heavy atom. The number of carboxylic acid groups (broad SMARTS) is 1. The van der Waals surface area contributed by atoms with E-state index in [2.05, 4.69) is 0 Å². The second kappa shape index (κ2) is 6.11. The van der Waals surface area contributed by atoms with E-state index in [0.717, 1.165) is 0 Å². The highest BCUT2D eigenvalue weighted by Gasteiger charge is 2.50. The summed E-state index contributed by atoms with van der Waals surface area (Å²) in [6.45, 7) is 4.89. The quantitative estimate of drug-likeness (QED) is 0.840. The normalized spacial score (nSPS) is 28.6. The number of aliphatic carboxylic acids is 1. The van der Waals surface area contributed by atoms with Crippen LogP contribution in [-0.4, -0.2) is 40.8 Å². The topological polar surface area (TPSA) is 40.5 Å². The standard InChI is InChI=1S/C13H22F3NO2/c1-3-17(4-2)12(9-11(18)19)7-5-6-10(8-12)13(14,15)16/h10H,3-9H2,1-2H3,(H,18,19). The van der Waals surface area contributed by atoms with E-state index in [1.165, 1.54) is 0 Å². The summed E-state index contributed by atoms with van der Waals surface area (Å²) in [5, 5.41) is 9.05. The summed E-state index contributed by atoms with van der Waals surface area (Å²) >= 11 is 0. The van der Waals surface area contributed by atoms with Gasteiger partial charge in [-0.1, -0.05) is 20.3 Å². The first-order valence-electron chi connectivity index (χ1n) is 6.78. The molecule has 1 fully saturated rings. The lowest BCUT2D eigenvalue weighted by Crippen LogP contribution is -2.54. The molecule has 1 N–H and O–H groups in total. The summed E-state index contributed by atoms with van der Waals surface area (Å²) in [5.74, 6) is -2.39. The molecule has 0 saturated heterocycles. The summed E-state index contributed by atoms with van der Waals surface area (Å²) in [7, 11) is 0. The van der Waals surface area contributed by atoms with E-state index in [0.29, 0.717) is 25.9 Å². The van der Waals surface area contributed by atoms with E-state index in [9.17, 15) is 18.0 Å². The van der Waals surface area contributed by atoms with Gasteiger partial charge in [0.15, 0.2) is 0 Å². The average Bonchev–Trinajstić information content (AvgIpc) is 2.28. The number of alkyl halides is 3. The van der Waals surface area contributed by atoms with Crippen molar-refractivity contribution in [2.75, 3.05) is 13.1 Å². The fourth-order valence-electron chi connectivity index (χ4n) is 3.36. The minimum Gasteiger partial charge on any atom is -0.481 e. The first kappa shape index (κ1) is 16.3. The van der Waals surface area contributed by atoms with Gasteiger partial charge < -0.3 is 5.11 Å². The van der Waals surface area contributed by atoms with Gasteiger partial charge >= 0.3 is 12.1 Å². The third-order valence-corrected chi connectivity index (χ3v) is 4.20. The Labute approximate surface area is 111 Å². The van der Waals surface area contributed by atoms with Gasteiger partial charge in [0.2, 0.25) is 0 Å². The van der Waals surface area contributed by atoms with Crippen molar-refractivity contribution in [3.63, 3.8) is 0 Å². The van der Waals surface area contributed by atoms with Crippen LogP contribution in [0.5, 0.6) is 0 Å². The van der Waals surface area contributed by atoms with Crippen LogP contribution in [0.15, 0.2) is 0 Å². The maximum Gasteiger partial charge on any atom is 0.391 e. The van der Waals surface area contributed by atoms with E-state index in [-0.39, 0.29) is 19.3 Å². The fourth-order valence-corrected chi connectivity index (χ4v) is 3.36. The molecule has 0 aromatic carbocycles. The van der Waals surface area contributed by atoms with E-state index in [4.69, 9.17) is 5.11 Å². The second-order valence-corrected chi connectivity index (χ2v) is 5.30. The minimum atomic E-state index is -4.22. The highest BCUT2D eigenvalue weighted by molar-refractivity contribution is 5.68. The van der Waals surface area contributed by atoms with Gasteiger partial charge in [-0.25, -0.2) is 0 Å². The van der Waals surface area contributed by atoms with E-state index in [1.54, 1.807) is 0 Å². The Bertz CT molecular complexity index is 316. The van der Waals surface area contributed by atoms with Crippen LogP contribution < -0.4 is 0 Å². The van der Waals surface area contributed by atoms with Crippen LogP contribution in [0.4, 0.5) is 13.2 Å². The minimum absolute atomic E-state index is 0.0928. The molecule has 1 aliphatic rings. The predicted molar refractivity (Wildman–Crippen MR) is 65.9 cm³/mol. The van der Waals surface area contributed by atoms with Crippen molar-refractivity contribution in [1.82, 2.24) is 4.90 Å². The molecule has 2 atom stereocenters. The van der Waals surface area contributed by atoms with Crippen LogP contribution in [0.1, 0.15) is 46.0 Å². The lowest BCUT2D eigenvalue weighted by atomic mass is 9.72. The molecular weight excluding hydrogens is 259 g/mol. The van der Waals surface area contributed by atoms with Crippen molar-refractivity contribution in [1.29, 1.82) is 0 Å². The fraction of sp³-hybridized carbons (Fsp3) is 0.923. The molecule has 1 saturated carbocycles. The molecule has 1 rings (SSSR count). The molecule has 0 radical (unpaired) electrons. The molecule has 0 amide bonds. The molecule has 0 aliphatic heterocycles. The molecular formula is C13H22F3NO2. The monoisotopic (exact) mass is 281 g/mol.